The summed E-state index contributed by atoms with van der Waals surface area (Å²) in [5.74, 6) is 0. The van der Waals surface area contributed by atoms with Crippen LogP contribution < -0.4 is 0 Å². The monoisotopic (exact) mass is 238 g/mol. The number of hydrogen-bond donors (Lipinski definition) is 0. The smallest absolute Gasteiger partial charge is 0.353 e. The first-order valence-electron chi connectivity index (χ1n) is 4.07. The Bertz CT molecular complexity index is 211. The highest BCUT2D eigenvalue weighted by molar-refractivity contribution is 5.02. The van der Waals surface area contributed by atoms with Gasteiger partial charge in [-0.2, -0.15) is 26.3 Å². The van der Waals surface area contributed by atoms with E-state index in [0.717, 1.165) is 0 Å². The minimum Gasteiger partial charge on any atom is -0.353 e. The van der Waals surface area contributed by atoms with Crippen LogP contribution in [-0.4, -0.2) is 30.9 Å². The molecule has 0 bridgehead atoms. The molecule has 1 saturated heterocycles. The van der Waals surface area contributed by atoms with Gasteiger partial charge in [0.1, 0.15) is 0 Å². The van der Waals surface area contributed by atoms with Crippen LogP contribution in [0, 0.1) is 0 Å². The van der Waals surface area contributed by atoms with Crippen molar-refractivity contribution in [2.75, 3.05) is 6.61 Å². The second-order valence-electron chi connectivity index (χ2n) is 3.03. The van der Waals surface area contributed by atoms with Crippen molar-refractivity contribution < 1.29 is 35.8 Å². The average molecular weight is 238 g/mol. The number of ether oxygens (including phenoxy) is 2. The maximum Gasteiger partial charge on any atom is 0.426 e. The summed E-state index contributed by atoms with van der Waals surface area (Å²) in [5, 5.41) is 0. The van der Waals surface area contributed by atoms with E-state index in [1.807, 2.05) is 0 Å². The van der Waals surface area contributed by atoms with Crippen LogP contribution in [0.5, 0.6) is 0 Å². The molecule has 1 aliphatic rings. The van der Waals surface area contributed by atoms with Gasteiger partial charge in [0, 0.05) is 13.0 Å². The largest absolute Gasteiger partial charge is 0.426 e. The molecule has 2 nitrogen and oxygen atoms in total. The fraction of sp³-hybridized carbons (Fsp3) is 1.00. The molecule has 1 aliphatic heterocycles. The van der Waals surface area contributed by atoms with Gasteiger partial charge in [-0.05, 0) is 6.92 Å². The second-order valence-corrected chi connectivity index (χ2v) is 3.03. The Morgan fingerprint density at radius 1 is 1.20 bits per heavy atom. The van der Waals surface area contributed by atoms with Crippen LogP contribution in [0.2, 0.25) is 0 Å². The Morgan fingerprint density at radius 2 is 1.60 bits per heavy atom. The molecule has 90 valence electrons. The van der Waals surface area contributed by atoms with E-state index in [9.17, 15) is 26.3 Å². The van der Waals surface area contributed by atoms with Gasteiger partial charge in [-0.3, -0.25) is 0 Å². The number of rotatable bonds is 2. The van der Waals surface area contributed by atoms with Crippen molar-refractivity contribution in [3.63, 3.8) is 0 Å². The lowest BCUT2D eigenvalue weighted by molar-refractivity contribution is -0.469. The third kappa shape index (κ3) is 1.92. The summed E-state index contributed by atoms with van der Waals surface area (Å²) in [4.78, 5) is 0. The van der Waals surface area contributed by atoms with Crippen molar-refractivity contribution >= 4 is 0 Å². The van der Waals surface area contributed by atoms with Crippen LogP contribution >= 0.6 is 0 Å². The van der Waals surface area contributed by atoms with Gasteiger partial charge in [-0.1, -0.05) is 0 Å². The number of halogens is 6. The first-order chi connectivity index (χ1) is 6.64. The summed E-state index contributed by atoms with van der Waals surface area (Å²) in [5.41, 5.74) is -4.06. The van der Waals surface area contributed by atoms with Crippen LogP contribution in [-0.2, 0) is 9.47 Å². The van der Waals surface area contributed by atoms with Crippen molar-refractivity contribution in [1.29, 1.82) is 0 Å². The van der Waals surface area contributed by atoms with E-state index in [1.165, 1.54) is 6.92 Å². The van der Waals surface area contributed by atoms with Gasteiger partial charge in [0.15, 0.2) is 6.29 Å². The normalized spacial score (nSPS) is 26.2. The summed E-state index contributed by atoms with van der Waals surface area (Å²) in [6, 6.07) is 0. The summed E-state index contributed by atoms with van der Waals surface area (Å²) in [7, 11) is 0. The Hall–Kier alpha value is -0.500. The zero-order chi connectivity index (χ0) is 11.9. The van der Waals surface area contributed by atoms with E-state index in [2.05, 4.69) is 9.47 Å². The van der Waals surface area contributed by atoms with Crippen LogP contribution in [0.4, 0.5) is 26.3 Å². The Kier molecular flexibility index (Phi) is 2.94. The van der Waals surface area contributed by atoms with Crippen LogP contribution in [0.3, 0.4) is 0 Å². The fourth-order valence-corrected chi connectivity index (χ4v) is 1.25. The van der Waals surface area contributed by atoms with Crippen LogP contribution in [0.25, 0.3) is 0 Å². The highest BCUT2D eigenvalue weighted by Crippen LogP contribution is 2.55. The Labute approximate surface area is 81.1 Å². The van der Waals surface area contributed by atoms with Gasteiger partial charge in [-0.25, -0.2) is 0 Å². The molecule has 1 fully saturated rings. The Balaban J connectivity index is 2.78. The standard InChI is InChI=1S/C7H8F6O2/c1-2-14-4-3-5(15-4,6(8,9)10)7(11,12)13/h4H,2-3H2,1H3. The summed E-state index contributed by atoms with van der Waals surface area (Å²) >= 11 is 0. The van der Waals surface area contributed by atoms with Gasteiger partial charge in [0.05, 0.1) is 0 Å². The summed E-state index contributed by atoms with van der Waals surface area (Å²) in [6.45, 7) is 1.45. The molecular formula is C7H8F6O2. The molecule has 1 atom stereocenters. The third-order valence-corrected chi connectivity index (χ3v) is 2.06. The van der Waals surface area contributed by atoms with Gasteiger partial charge in [0.25, 0.3) is 5.60 Å². The molecule has 0 aromatic heterocycles. The van der Waals surface area contributed by atoms with Crippen LogP contribution in [0.1, 0.15) is 13.3 Å². The third-order valence-electron chi connectivity index (χ3n) is 2.06. The van der Waals surface area contributed by atoms with E-state index in [4.69, 9.17) is 0 Å². The topological polar surface area (TPSA) is 18.5 Å². The van der Waals surface area contributed by atoms with Crippen molar-refractivity contribution in [3.8, 4) is 0 Å². The van der Waals surface area contributed by atoms with E-state index >= 15 is 0 Å². The zero-order valence-corrected chi connectivity index (χ0v) is 7.58. The highest BCUT2D eigenvalue weighted by atomic mass is 19.4. The first kappa shape index (κ1) is 12.6. The van der Waals surface area contributed by atoms with Crippen molar-refractivity contribution in [3.05, 3.63) is 0 Å². The molecule has 0 saturated carbocycles. The van der Waals surface area contributed by atoms with Gasteiger partial charge in [0.2, 0.25) is 0 Å². The minimum absolute atomic E-state index is 0.00351. The maximum absolute atomic E-state index is 12.2. The highest BCUT2D eigenvalue weighted by Gasteiger charge is 2.78. The lowest BCUT2D eigenvalue weighted by Gasteiger charge is -2.48. The molecule has 0 spiro atoms. The SMILES string of the molecule is CCOC1CC(C(F)(F)F)(C(F)(F)F)O1. The second kappa shape index (κ2) is 3.51. The van der Waals surface area contributed by atoms with Crippen molar-refractivity contribution in [2.24, 2.45) is 0 Å². The molecule has 8 heteroatoms. The number of hydrogen-bond acceptors (Lipinski definition) is 2. The molecule has 1 heterocycles. The molecule has 0 aromatic carbocycles. The lowest BCUT2D eigenvalue weighted by Crippen LogP contribution is -2.68. The molecule has 0 aliphatic carbocycles. The van der Waals surface area contributed by atoms with Gasteiger partial charge < -0.3 is 9.47 Å². The van der Waals surface area contributed by atoms with E-state index in [-0.39, 0.29) is 6.61 Å². The van der Waals surface area contributed by atoms with Gasteiger partial charge >= 0.3 is 12.4 Å². The molecule has 0 radical (unpaired) electrons. The van der Waals surface area contributed by atoms with Crippen molar-refractivity contribution in [2.45, 2.75) is 37.6 Å². The zero-order valence-electron chi connectivity index (χ0n) is 7.58. The first-order valence-corrected chi connectivity index (χ1v) is 4.07. The molecule has 0 amide bonds. The molecule has 0 N–H and O–H groups in total. The quantitative estimate of drug-likeness (QED) is 0.688. The van der Waals surface area contributed by atoms with Crippen molar-refractivity contribution in [1.82, 2.24) is 0 Å². The van der Waals surface area contributed by atoms with E-state index in [1.54, 1.807) is 0 Å². The summed E-state index contributed by atoms with van der Waals surface area (Å²) < 4.78 is 81.3. The molecule has 15 heavy (non-hydrogen) atoms. The van der Waals surface area contributed by atoms with E-state index in [0.29, 0.717) is 0 Å². The Morgan fingerprint density at radius 3 is 1.87 bits per heavy atom. The lowest BCUT2D eigenvalue weighted by atomic mass is 9.92. The predicted molar refractivity (Wildman–Crippen MR) is 36.0 cm³/mol. The average Bonchev–Trinajstić information content (AvgIpc) is 1.89. The van der Waals surface area contributed by atoms with E-state index < -0.39 is 30.7 Å². The summed E-state index contributed by atoms with van der Waals surface area (Å²) in [6.07, 6.45) is -13.6. The molecular weight excluding hydrogens is 230 g/mol. The molecule has 0 aromatic rings. The predicted octanol–water partition coefficient (Wildman–Crippen LogP) is 2.63. The fourth-order valence-electron chi connectivity index (χ4n) is 1.25. The maximum atomic E-state index is 12.2. The minimum atomic E-state index is -5.47. The van der Waals surface area contributed by atoms with Gasteiger partial charge in [-0.15, -0.1) is 0 Å². The molecule has 1 unspecified atom stereocenters. The molecule has 1 rings (SSSR count). The van der Waals surface area contributed by atoms with Crippen LogP contribution in [0.15, 0.2) is 0 Å². The number of alkyl halides is 6.